The van der Waals surface area contributed by atoms with Gasteiger partial charge in [0.2, 0.25) is 0 Å². The van der Waals surface area contributed by atoms with Crippen LogP contribution in [0.15, 0.2) is 11.8 Å². The van der Waals surface area contributed by atoms with Gasteiger partial charge in [0.15, 0.2) is 5.78 Å². The fourth-order valence-corrected chi connectivity index (χ4v) is 1.19. The van der Waals surface area contributed by atoms with Crippen LogP contribution >= 0.6 is 0 Å². The van der Waals surface area contributed by atoms with Crippen LogP contribution in [0.2, 0.25) is 0 Å². The molecule has 0 aromatic rings. The van der Waals surface area contributed by atoms with E-state index in [1.54, 1.807) is 25.9 Å². The molecule has 18 heavy (non-hydrogen) atoms. The van der Waals surface area contributed by atoms with Crippen molar-refractivity contribution in [2.45, 2.75) is 26.7 Å². The minimum absolute atomic E-state index is 0.0262. The third-order valence-corrected chi connectivity index (χ3v) is 2.06. The summed E-state index contributed by atoms with van der Waals surface area (Å²) in [6, 6.07) is 0. The Morgan fingerprint density at radius 1 is 1.22 bits per heavy atom. The number of esters is 1. The molecule has 5 heteroatoms. The molecule has 0 unspecified atom stereocenters. The zero-order valence-corrected chi connectivity index (χ0v) is 11.7. The predicted octanol–water partition coefficient (Wildman–Crippen LogP) is 1.38. The SMILES string of the molecule is CCCCOCC(=O)/C(=C/N(C)C)C(=O)OCC. The normalized spacial score (nSPS) is 11.2. The minimum atomic E-state index is -0.602. The monoisotopic (exact) mass is 257 g/mol. The molecule has 0 amide bonds. The lowest BCUT2D eigenvalue weighted by molar-refractivity contribution is -0.140. The lowest BCUT2D eigenvalue weighted by Gasteiger charge is -2.10. The van der Waals surface area contributed by atoms with E-state index in [-0.39, 0.29) is 24.6 Å². The van der Waals surface area contributed by atoms with Gasteiger partial charge in [-0.05, 0) is 13.3 Å². The summed E-state index contributed by atoms with van der Waals surface area (Å²) < 4.78 is 10.1. The van der Waals surface area contributed by atoms with E-state index in [1.807, 2.05) is 6.92 Å². The molecule has 0 aliphatic rings. The van der Waals surface area contributed by atoms with Crippen LogP contribution in [-0.4, -0.2) is 50.6 Å². The van der Waals surface area contributed by atoms with Crippen LogP contribution in [0.5, 0.6) is 0 Å². The number of ether oxygens (including phenoxy) is 2. The van der Waals surface area contributed by atoms with Gasteiger partial charge in [0.1, 0.15) is 12.2 Å². The lowest BCUT2D eigenvalue weighted by atomic mass is 10.2. The van der Waals surface area contributed by atoms with Crippen molar-refractivity contribution in [2.75, 3.05) is 33.9 Å². The first-order valence-electron chi connectivity index (χ1n) is 6.19. The standard InChI is InChI=1S/C13H23NO4/c1-5-7-8-17-10-12(15)11(9-14(3)4)13(16)18-6-2/h9H,5-8,10H2,1-4H3/b11-9-. The summed E-state index contributed by atoms with van der Waals surface area (Å²) in [6.45, 7) is 4.43. The van der Waals surface area contributed by atoms with Crippen molar-refractivity contribution in [1.82, 2.24) is 4.90 Å². The topological polar surface area (TPSA) is 55.8 Å². The highest BCUT2D eigenvalue weighted by molar-refractivity contribution is 6.17. The quantitative estimate of drug-likeness (QED) is 0.205. The molecule has 0 aliphatic heterocycles. The average Bonchev–Trinajstić information content (AvgIpc) is 2.31. The first kappa shape index (κ1) is 16.6. The number of unbranched alkanes of at least 4 members (excludes halogenated alkanes) is 1. The molecular formula is C13H23NO4. The third kappa shape index (κ3) is 7.06. The Hall–Kier alpha value is -1.36. The zero-order chi connectivity index (χ0) is 14.0. The van der Waals surface area contributed by atoms with Crippen LogP contribution in [0.4, 0.5) is 0 Å². The predicted molar refractivity (Wildman–Crippen MR) is 69.1 cm³/mol. The molecule has 0 spiro atoms. The van der Waals surface area contributed by atoms with Crippen molar-refractivity contribution in [3.8, 4) is 0 Å². The third-order valence-electron chi connectivity index (χ3n) is 2.06. The average molecular weight is 257 g/mol. The van der Waals surface area contributed by atoms with E-state index >= 15 is 0 Å². The van der Waals surface area contributed by atoms with E-state index < -0.39 is 5.97 Å². The second-order valence-corrected chi connectivity index (χ2v) is 4.06. The van der Waals surface area contributed by atoms with Crippen molar-refractivity contribution in [3.63, 3.8) is 0 Å². The van der Waals surface area contributed by atoms with Gasteiger partial charge in [-0.25, -0.2) is 4.79 Å². The van der Waals surface area contributed by atoms with Crippen molar-refractivity contribution < 1.29 is 19.1 Å². The molecule has 0 fully saturated rings. The molecule has 0 heterocycles. The molecular weight excluding hydrogens is 234 g/mol. The van der Waals surface area contributed by atoms with Gasteiger partial charge in [-0.2, -0.15) is 0 Å². The molecule has 0 N–H and O–H groups in total. The molecule has 0 saturated heterocycles. The molecule has 0 saturated carbocycles. The van der Waals surface area contributed by atoms with E-state index in [1.165, 1.54) is 6.20 Å². The summed E-state index contributed by atoms with van der Waals surface area (Å²) in [6.07, 6.45) is 3.37. The van der Waals surface area contributed by atoms with E-state index in [9.17, 15) is 9.59 Å². The maximum Gasteiger partial charge on any atom is 0.343 e. The van der Waals surface area contributed by atoms with Crippen LogP contribution in [0.25, 0.3) is 0 Å². The summed E-state index contributed by atoms with van der Waals surface area (Å²) in [5.41, 5.74) is 0.0262. The van der Waals surface area contributed by atoms with Crippen molar-refractivity contribution in [2.24, 2.45) is 0 Å². The maximum absolute atomic E-state index is 11.8. The Morgan fingerprint density at radius 2 is 1.89 bits per heavy atom. The summed E-state index contributed by atoms with van der Waals surface area (Å²) in [5, 5.41) is 0. The number of hydrogen-bond acceptors (Lipinski definition) is 5. The van der Waals surface area contributed by atoms with Gasteiger partial charge in [0.05, 0.1) is 6.61 Å². The van der Waals surface area contributed by atoms with Gasteiger partial charge in [-0.3, -0.25) is 4.79 Å². The van der Waals surface area contributed by atoms with Crippen molar-refractivity contribution in [1.29, 1.82) is 0 Å². The van der Waals surface area contributed by atoms with Gasteiger partial charge in [0, 0.05) is 26.9 Å². The van der Waals surface area contributed by atoms with Crippen LogP contribution < -0.4 is 0 Å². The smallest absolute Gasteiger partial charge is 0.343 e. The summed E-state index contributed by atoms with van der Waals surface area (Å²) in [7, 11) is 3.48. The highest BCUT2D eigenvalue weighted by atomic mass is 16.5. The van der Waals surface area contributed by atoms with Gasteiger partial charge >= 0.3 is 5.97 Å². The molecule has 0 aromatic carbocycles. The van der Waals surface area contributed by atoms with E-state index in [0.29, 0.717) is 6.61 Å². The Morgan fingerprint density at radius 3 is 2.39 bits per heavy atom. The van der Waals surface area contributed by atoms with E-state index in [4.69, 9.17) is 9.47 Å². The minimum Gasteiger partial charge on any atom is -0.462 e. The summed E-state index contributed by atoms with van der Waals surface area (Å²) >= 11 is 0. The number of carbonyl (C=O) groups excluding carboxylic acids is 2. The van der Waals surface area contributed by atoms with Gasteiger partial charge in [-0.15, -0.1) is 0 Å². The number of Topliss-reactive ketones (excluding diaryl/α,β-unsaturated/α-hetero) is 1. The number of carbonyl (C=O) groups is 2. The molecule has 0 bridgehead atoms. The second kappa shape index (κ2) is 9.65. The number of nitrogens with zero attached hydrogens (tertiary/aromatic N) is 1. The fourth-order valence-electron chi connectivity index (χ4n) is 1.19. The van der Waals surface area contributed by atoms with Gasteiger partial charge in [-0.1, -0.05) is 13.3 Å². The lowest BCUT2D eigenvalue weighted by Crippen LogP contribution is -2.22. The molecule has 0 radical (unpaired) electrons. The van der Waals surface area contributed by atoms with Crippen molar-refractivity contribution >= 4 is 11.8 Å². The Bertz CT molecular complexity index is 297. The number of ketones is 1. The molecule has 0 aliphatic carbocycles. The highest BCUT2D eigenvalue weighted by Gasteiger charge is 2.19. The summed E-state index contributed by atoms with van der Waals surface area (Å²) in [4.78, 5) is 25.1. The largest absolute Gasteiger partial charge is 0.462 e. The Labute approximate surface area is 109 Å². The first-order valence-corrected chi connectivity index (χ1v) is 6.19. The molecule has 0 rings (SSSR count). The van der Waals surface area contributed by atoms with Crippen molar-refractivity contribution in [3.05, 3.63) is 11.8 Å². The fraction of sp³-hybridized carbons (Fsp3) is 0.692. The zero-order valence-electron chi connectivity index (χ0n) is 11.7. The first-order chi connectivity index (χ1) is 8.52. The second-order valence-electron chi connectivity index (χ2n) is 4.06. The maximum atomic E-state index is 11.8. The Balaban J connectivity index is 4.47. The van der Waals surface area contributed by atoms with Gasteiger partial charge in [0.25, 0.3) is 0 Å². The van der Waals surface area contributed by atoms with E-state index in [0.717, 1.165) is 12.8 Å². The Kier molecular flexibility index (Phi) is 8.92. The number of rotatable bonds is 9. The van der Waals surface area contributed by atoms with E-state index in [2.05, 4.69) is 0 Å². The number of hydrogen-bond donors (Lipinski definition) is 0. The van der Waals surface area contributed by atoms with Crippen LogP contribution in [0, 0.1) is 0 Å². The van der Waals surface area contributed by atoms with Gasteiger partial charge < -0.3 is 14.4 Å². The molecule has 0 aromatic heterocycles. The van der Waals surface area contributed by atoms with Crippen LogP contribution in [-0.2, 0) is 19.1 Å². The molecule has 5 nitrogen and oxygen atoms in total. The summed E-state index contributed by atoms with van der Waals surface area (Å²) in [5.74, 6) is -0.950. The molecule has 0 atom stereocenters. The van der Waals surface area contributed by atoms with Crippen LogP contribution in [0.1, 0.15) is 26.7 Å². The highest BCUT2D eigenvalue weighted by Crippen LogP contribution is 2.03. The van der Waals surface area contributed by atoms with Crippen LogP contribution in [0.3, 0.4) is 0 Å². The molecule has 104 valence electrons.